The van der Waals surface area contributed by atoms with Gasteiger partial charge in [-0.1, -0.05) is 6.08 Å². The normalized spacial score (nSPS) is 21.5. The van der Waals surface area contributed by atoms with Crippen LogP contribution < -0.4 is 9.64 Å². The van der Waals surface area contributed by atoms with Gasteiger partial charge in [-0.15, -0.1) is 0 Å². The highest BCUT2D eigenvalue weighted by atomic mass is 16.5. The summed E-state index contributed by atoms with van der Waals surface area (Å²) in [5.74, 6) is 1.23. The molecule has 1 heterocycles. The first-order valence-electron chi connectivity index (χ1n) is 5.32. The number of ether oxygens (including phenoxy) is 1. The Morgan fingerprint density at radius 1 is 1.41 bits per heavy atom. The summed E-state index contributed by atoms with van der Waals surface area (Å²) in [6.07, 6.45) is 4.83. The lowest BCUT2D eigenvalue weighted by molar-refractivity contribution is -0.110. The number of phenolic OH excluding ortho intramolecular Hbond substituents is 1. The SMILES string of the molecule is CN1c2ccc(O)cc2OC2=CC(=O)C=CC21. The van der Waals surface area contributed by atoms with Crippen molar-refractivity contribution in [2.24, 2.45) is 0 Å². The van der Waals surface area contributed by atoms with Crippen molar-refractivity contribution in [1.82, 2.24) is 0 Å². The Kier molecular flexibility index (Phi) is 1.98. The summed E-state index contributed by atoms with van der Waals surface area (Å²) in [4.78, 5) is 13.3. The van der Waals surface area contributed by atoms with Crippen molar-refractivity contribution in [3.63, 3.8) is 0 Å². The summed E-state index contributed by atoms with van der Waals surface area (Å²) >= 11 is 0. The van der Waals surface area contributed by atoms with E-state index >= 15 is 0 Å². The van der Waals surface area contributed by atoms with E-state index in [1.165, 1.54) is 6.08 Å². The lowest BCUT2D eigenvalue weighted by Crippen LogP contribution is -2.38. The topological polar surface area (TPSA) is 49.8 Å². The number of nitrogens with zero attached hydrogens (tertiary/aromatic N) is 1. The Hall–Kier alpha value is -2.23. The number of allylic oxidation sites excluding steroid dienone is 2. The zero-order valence-corrected chi connectivity index (χ0v) is 9.25. The molecule has 0 amide bonds. The molecule has 3 rings (SSSR count). The maximum absolute atomic E-state index is 11.3. The number of benzene rings is 1. The lowest BCUT2D eigenvalue weighted by Gasteiger charge is -2.36. The molecule has 0 aromatic heterocycles. The standard InChI is InChI=1S/C13H11NO3/c1-14-10-4-2-8(15)6-12(10)17-13-7-9(16)3-5-11(13)14/h2-7,10,16H,1H3. The van der Waals surface area contributed by atoms with Crippen molar-refractivity contribution < 1.29 is 14.6 Å². The van der Waals surface area contributed by atoms with E-state index in [2.05, 4.69) is 0 Å². The van der Waals surface area contributed by atoms with Gasteiger partial charge in [0.1, 0.15) is 17.6 Å². The summed E-state index contributed by atoms with van der Waals surface area (Å²) in [6.45, 7) is 0. The minimum absolute atomic E-state index is 0.0512. The molecular formula is C13H11NO3. The molecule has 0 radical (unpaired) electrons. The Bertz CT molecular complexity index is 560. The van der Waals surface area contributed by atoms with Crippen molar-refractivity contribution in [3.8, 4) is 11.5 Å². The fraction of sp³-hybridized carbons (Fsp3) is 0.154. The van der Waals surface area contributed by atoms with Gasteiger partial charge in [-0.2, -0.15) is 0 Å². The fourth-order valence-corrected chi connectivity index (χ4v) is 2.12. The summed E-state index contributed by atoms with van der Waals surface area (Å²) in [5.41, 5.74) is 0.893. The third kappa shape index (κ3) is 1.49. The van der Waals surface area contributed by atoms with Crippen molar-refractivity contribution in [2.45, 2.75) is 6.04 Å². The van der Waals surface area contributed by atoms with Crippen LogP contribution in [0.4, 0.5) is 5.69 Å². The van der Waals surface area contributed by atoms with Gasteiger partial charge in [0.15, 0.2) is 11.5 Å². The average Bonchev–Trinajstić information content (AvgIpc) is 2.28. The molecule has 1 aromatic rings. The summed E-state index contributed by atoms with van der Waals surface area (Å²) < 4.78 is 5.64. The van der Waals surface area contributed by atoms with E-state index < -0.39 is 0 Å². The predicted octanol–water partition coefficient (Wildman–Crippen LogP) is 1.61. The van der Waals surface area contributed by atoms with Gasteiger partial charge in [0.05, 0.1) is 5.69 Å². The van der Waals surface area contributed by atoms with Crippen LogP contribution in [0.2, 0.25) is 0 Å². The highest BCUT2D eigenvalue weighted by molar-refractivity contribution is 6.01. The molecule has 17 heavy (non-hydrogen) atoms. The summed E-state index contributed by atoms with van der Waals surface area (Å²) in [7, 11) is 1.93. The van der Waals surface area contributed by atoms with Crippen LogP contribution in [-0.2, 0) is 4.79 Å². The monoisotopic (exact) mass is 229 g/mol. The van der Waals surface area contributed by atoms with Crippen LogP contribution in [-0.4, -0.2) is 24.0 Å². The summed E-state index contributed by atoms with van der Waals surface area (Å²) in [5, 5.41) is 9.42. The number of carbonyl (C=O) groups excluding carboxylic acids is 1. The molecule has 0 fully saturated rings. The van der Waals surface area contributed by atoms with Crippen LogP contribution in [0.3, 0.4) is 0 Å². The van der Waals surface area contributed by atoms with Gasteiger partial charge in [-0.25, -0.2) is 0 Å². The second-order valence-corrected chi connectivity index (χ2v) is 4.12. The van der Waals surface area contributed by atoms with Gasteiger partial charge in [0.25, 0.3) is 0 Å². The zero-order chi connectivity index (χ0) is 12.0. The van der Waals surface area contributed by atoms with E-state index in [9.17, 15) is 9.90 Å². The molecule has 0 saturated heterocycles. The molecule has 2 aliphatic rings. The fourth-order valence-electron chi connectivity index (χ4n) is 2.12. The number of ketones is 1. The molecule has 1 aromatic carbocycles. The van der Waals surface area contributed by atoms with Crippen molar-refractivity contribution >= 4 is 11.5 Å². The highest BCUT2D eigenvalue weighted by Crippen LogP contribution is 2.39. The second kappa shape index (κ2) is 3.38. The Morgan fingerprint density at radius 3 is 3.06 bits per heavy atom. The van der Waals surface area contributed by atoms with E-state index in [4.69, 9.17) is 4.74 Å². The van der Waals surface area contributed by atoms with E-state index in [0.29, 0.717) is 11.5 Å². The Balaban J connectivity index is 2.11. The smallest absolute Gasteiger partial charge is 0.181 e. The number of aromatic hydroxyl groups is 1. The molecule has 1 N–H and O–H groups in total. The summed E-state index contributed by atoms with van der Waals surface area (Å²) in [6, 6.07) is 4.91. The predicted molar refractivity (Wildman–Crippen MR) is 63.2 cm³/mol. The van der Waals surface area contributed by atoms with Crippen molar-refractivity contribution in [2.75, 3.05) is 11.9 Å². The van der Waals surface area contributed by atoms with Gasteiger partial charge < -0.3 is 14.7 Å². The first-order valence-corrected chi connectivity index (χ1v) is 5.32. The van der Waals surface area contributed by atoms with Crippen LogP contribution in [0.15, 0.2) is 42.2 Å². The van der Waals surface area contributed by atoms with Gasteiger partial charge >= 0.3 is 0 Å². The first-order chi connectivity index (χ1) is 8.15. The quantitative estimate of drug-likeness (QED) is 0.734. The third-order valence-corrected chi connectivity index (χ3v) is 2.99. The molecule has 1 aliphatic carbocycles. The van der Waals surface area contributed by atoms with Gasteiger partial charge in [0, 0.05) is 19.2 Å². The number of anilines is 1. The second-order valence-electron chi connectivity index (χ2n) is 4.12. The zero-order valence-electron chi connectivity index (χ0n) is 9.25. The molecule has 0 saturated carbocycles. The van der Waals surface area contributed by atoms with Crippen molar-refractivity contribution in [1.29, 1.82) is 0 Å². The average molecular weight is 229 g/mol. The van der Waals surface area contributed by atoms with Gasteiger partial charge in [-0.3, -0.25) is 4.79 Å². The van der Waals surface area contributed by atoms with Gasteiger partial charge in [-0.05, 0) is 18.2 Å². The van der Waals surface area contributed by atoms with E-state index in [0.717, 1.165) is 5.69 Å². The van der Waals surface area contributed by atoms with Crippen molar-refractivity contribution in [3.05, 3.63) is 42.2 Å². The van der Waals surface area contributed by atoms with Crippen LogP contribution in [0.5, 0.6) is 11.5 Å². The number of hydrogen-bond acceptors (Lipinski definition) is 4. The largest absolute Gasteiger partial charge is 0.508 e. The maximum atomic E-state index is 11.3. The van der Waals surface area contributed by atoms with E-state index in [1.54, 1.807) is 24.3 Å². The number of rotatable bonds is 0. The number of fused-ring (bicyclic) bond motifs is 2. The number of phenols is 1. The molecule has 86 valence electrons. The molecule has 0 bridgehead atoms. The third-order valence-electron chi connectivity index (χ3n) is 2.99. The van der Waals surface area contributed by atoms with Crippen LogP contribution in [0, 0.1) is 0 Å². The van der Waals surface area contributed by atoms with Crippen LogP contribution >= 0.6 is 0 Å². The molecule has 4 nitrogen and oxygen atoms in total. The Labute approximate surface area is 98.4 Å². The molecule has 1 atom stereocenters. The maximum Gasteiger partial charge on any atom is 0.181 e. The van der Waals surface area contributed by atoms with E-state index in [-0.39, 0.29) is 17.6 Å². The first kappa shape index (κ1) is 9.96. The van der Waals surface area contributed by atoms with Crippen LogP contribution in [0.25, 0.3) is 0 Å². The minimum atomic E-state index is -0.0757. The molecule has 1 aliphatic heterocycles. The molecule has 4 heteroatoms. The molecule has 1 unspecified atom stereocenters. The Morgan fingerprint density at radius 2 is 2.24 bits per heavy atom. The molecule has 0 spiro atoms. The number of carbonyl (C=O) groups is 1. The van der Waals surface area contributed by atoms with E-state index in [1.807, 2.05) is 18.0 Å². The van der Waals surface area contributed by atoms with Crippen LogP contribution in [0.1, 0.15) is 0 Å². The lowest BCUT2D eigenvalue weighted by atomic mass is 10.0. The number of likely N-dealkylation sites (N-methyl/N-ethyl adjacent to an activating group) is 1. The highest BCUT2D eigenvalue weighted by Gasteiger charge is 2.30. The number of hydrogen-bond donors (Lipinski definition) is 1. The molecular weight excluding hydrogens is 218 g/mol. The minimum Gasteiger partial charge on any atom is -0.508 e. The van der Waals surface area contributed by atoms with Gasteiger partial charge in [0.2, 0.25) is 0 Å².